The summed E-state index contributed by atoms with van der Waals surface area (Å²) in [5.74, 6) is 0.958. The fraction of sp³-hybridized carbons (Fsp3) is 0.500. The Morgan fingerprint density at radius 1 is 1.28 bits per heavy atom. The van der Waals surface area contributed by atoms with E-state index in [9.17, 15) is 10.2 Å². The highest BCUT2D eigenvalue weighted by atomic mass is 16.5. The van der Waals surface area contributed by atoms with Crippen molar-refractivity contribution in [3.05, 3.63) is 29.8 Å². The monoisotopic (exact) mass is 247 g/mol. The van der Waals surface area contributed by atoms with E-state index in [0.29, 0.717) is 18.7 Å². The van der Waals surface area contributed by atoms with Gasteiger partial charge in [-0.05, 0) is 25.3 Å². The van der Waals surface area contributed by atoms with E-state index in [2.05, 4.69) is 4.99 Å². The molecule has 0 amide bonds. The first-order valence-electron chi connectivity index (χ1n) is 6.40. The molecule has 0 spiro atoms. The van der Waals surface area contributed by atoms with E-state index in [1.54, 1.807) is 12.1 Å². The van der Waals surface area contributed by atoms with Crippen LogP contribution in [0, 0.1) is 0 Å². The van der Waals surface area contributed by atoms with Crippen molar-refractivity contribution in [1.82, 2.24) is 0 Å². The number of aliphatic hydroxyl groups is 1. The molecule has 0 saturated heterocycles. The quantitative estimate of drug-likeness (QED) is 0.835. The van der Waals surface area contributed by atoms with Crippen LogP contribution in [0.1, 0.15) is 24.8 Å². The molecule has 1 saturated carbocycles. The Bertz CT molecular complexity index is 472. The van der Waals surface area contributed by atoms with Crippen LogP contribution in [0.2, 0.25) is 0 Å². The molecule has 4 heteroatoms. The Labute approximate surface area is 106 Å². The summed E-state index contributed by atoms with van der Waals surface area (Å²) < 4.78 is 5.80. The Kier molecular flexibility index (Phi) is 2.96. The standard InChI is InChI=1S/C14H17NO3/c16-10-5-6-13-11(8-10)15-14(18-13)7-9-3-1-2-4-12(9)17/h1-4,10-11,13,16-17H,5-8H2. The van der Waals surface area contributed by atoms with Crippen molar-refractivity contribution in [1.29, 1.82) is 0 Å². The number of rotatable bonds is 2. The summed E-state index contributed by atoms with van der Waals surface area (Å²) in [6, 6.07) is 7.32. The number of fused-ring (bicyclic) bond motifs is 1. The number of phenols is 1. The molecule has 0 bridgehead atoms. The Hall–Kier alpha value is -1.55. The van der Waals surface area contributed by atoms with Crippen molar-refractivity contribution in [2.45, 2.75) is 43.9 Å². The van der Waals surface area contributed by atoms with Crippen molar-refractivity contribution in [3.63, 3.8) is 0 Å². The van der Waals surface area contributed by atoms with Crippen LogP contribution in [0.3, 0.4) is 0 Å². The molecule has 3 unspecified atom stereocenters. The number of nitrogens with zero attached hydrogens (tertiary/aromatic N) is 1. The lowest BCUT2D eigenvalue weighted by Crippen LogP contribution is -2.33. The number of aliphatic imine (C=N–C) groups is 1. The molecule has 2 N–H and O–H groups in total. The molecule has 96 valence electrons. The Morgan fingerprint density at radius 2 is 2.11 bits per heavy atom. The van der Waals surface area contributed by atoms with Crippen LogP contribution >= 0.6 is 0 Å². The van der Waals surface area contributed by atoms with Crippen molar-refractivity contribution in [2.24, 2.45) is 4.99 Å². The van der Waals surface area contributed by atoms with E-state index in [1.807, 2.05) is 12.1 Å². The van der Waals surface area contributed by atoms with Gasteiger partial charge in [0.1, 0.15) is 11.9 Å². The SMILES string of the molecule is Oc1ccccc1CC1=NC2CC(O)CCC2O1. The zero-order valence-corrected chi connectivity index (χ0v) is 10.1. The average molecular weight is 247 g/mol. The zero-order valence-electron chi connectivity index (χ0n) is 10.1. The first-order chi connectivity index (χ1) is 8.72. The molecule has 2 aliphatic rings. The fourth-order valence-corrected chi connectivity index (χ4v) is 2.67. The van der Waals surface area contributed by atoms with Crippen LogP contribution in [-0.2, 0) is 11.2 Å². The zero-order chi connectivity index (χ0) is 12.5. The normalized spacial score (nSPS) is 30.5. The van der Waals surface area contributed by atoms with Crippen LogP contribution in [0.4, 0.5) is 0 Å². The summed E-state index contributed by atoms with van der Waals surface area (Å²) >= 11 is 0. The third-order valence-corrected chi connectivity index (χ3v) is 3.66. The minimum Gasteiger partial charge on any atom is -0.508 e. The number of phenolic OH excluding ortho intramolecular Hbond substituents is 1. The lowest BCUT2D eigenvalue weighted by atomic mass is 9.91. The molecule has 1 aromatic carbocycles. The lowest BCUT2D eigenvalue weighted by molar-refractivity contribution is 0.0615. The van der Waals surface area contributed by atoms with E-state index in [0.717, 1.165) is 18.4 Å². The van der Waals surface area contributed by atoms with Gasteiger partial charge in [-0.1, -0.05) is 18.2 Å². The fourth-order valence-electron chi connectivity index (χ4n) is 2.67. The molecule has 1 aromatic rings. The number of aromatic hydroxyl groups is 1. The highest BCUT2D eigenvalue weighted by Crippen LogP contribution is 2.30. The second-order valence-electron chi connectivity index (χ2n) is 5.02. The van der Waals surface area contributed by atoms with Gasteiger partial charge < -0.3 is 14.9 Å². The van der Waals surface area contributed by atoms with E-state index >= 15 is 0 Å². The minimum atomic E-state index is -0.247. The van der Waals surface area contributed by atoms with Gasteiger partial charge >= 0.3 is 0 Å². The molecule has 4 nitrogen and oxygen atoms in total. The summed E-state index contributed by atoms with van der Waals surface area (Å²) in [7, 11) is 0. The third-order valence-electron chi connectivity index (χ3n) is 3.66. The van der Waals surface area contributed by atoms with E-state index in [4.69, 9.17) is 4.74 Å². The van der Waals surface area contributed by atoms with Crippen LogP contribution in [-0.4, -0.2) is 34.4 Å². The second-order valence-corrected chi connectivity index (χ2v) is 5.02. The smallest absolute Gasteiger partial charge is 0.188 e. The molecule has 0 radical (unpaired) electrons. The van der Waals surface area contributed by atoms with Gasteiger partial charge in [-0.3, -0.25) is 0 Å². The predicted molar refractivity (Wildman–Crippen MR) is 67.8 cm³/mol. The van der Waals surface area contributed by atoms with E-state index < -0.39 is 0 Å². The van der Waals surface area contributed by atoms with Crippen molar-refractivity contribution < 1.29 is 14.9 Å². The molecule has 3 rings (SSSR count). The van der Waals surface area contributed by atoms with E-state index in [1.165, 1.54) is 0 Å². The molecule has 3 atom stereocenters. The highest BCUT2D eigenvalue weighted by Gasteiger charge is 2.36. The second kappa shape index (κ2) is 4.61. The molecule has 0 aromatic heterocycles. The van der Waals surface area contributed by atoms with E-state index in [-0.39, 0.29) is 24.0 Å². The number of aliphatic hydroxyl groups excluding tert-OH is 1. The molecule has 1 aliphatic heterocycles. The summed E-state index contributed by atoms with van der Waals surface area (Å²) in [6.45, 7) is 0. The summed E-state index contributed by atoms with van der Waals surface area (Å²) in [5, 5.41) is 19.3. The van der Waals surface area contributed by atoms with Gasteiger partial charge in [-0.15, -0.1) is 0 Å². The molecule has 1 aliphatic carbocycles. The van der Waals surface area contributed by atoms with Crippen molar-refractivity contribution >= 4 is 5.90 Å². The summed E-state index contributed by atoms with van der Waals surface area (Å²) in [4.78, 5) is 4.52. The van der Waals surface area contributed by atoms with Crippen LogP contribution in [0.5, 0.6) is 5.75 Å². The van der Waals surface area contributed by atoms with Crippen LogP contribution < -0.4 is 0 Å². The Morgan fingerprint density at radius 3 is 2.94 bits per heavy atom. The first-order valence-corrected chi connectivity index (χ1v) is 6.40. The van der Waals surface area contributed by atoms with Gasteiger partial charge in [0.25, 0.3) is 0 Å². The van der Waals surface area contributed by atoms with Crippen LogP contribution in [0.25, 0.3) is 0 Å². The van der Waals surface area contributed by atoms with Gasteiger partial charge in [0.15, 0.2) is 5.90 Å². The Balaban J connectivity index is 1.72. The summed E-state index contributed by atoms with van der Waals surface area (Å²) in [6.07, 6.45) is 2.74. The molecular weight excluding hydrogens is 230 g/mol. The number of hydrogen-bond donors (Lipinski definition) is 2. The number of hydrogen-bond acceptors (Lipinski definition) is 4. The lowest BCUT2D eigenvalue weighted by Gasteiger charge is -2.26. The molecule has 1 heterocycles. The largest absolute Gasteiger partial charge is 0.508 e. The number of ether oxygens (including phenoxy) is 1. The molecular formula is C14H17NO3. The minimum absolute atomic E-state index is 0.0922. The molecule has 1 fully saturated rings. The van der Waals surface area contributed by atoms with Gasteiger partial charge in [0, 0.05) is 5.56 Å². The van der Waals surface area contributed by atoms with Crippen molar-refractivity contribution in [3.8, 4) is 5.75 Å². The van der Waals surface area contributed by atoms with Gasteiger partial charge in [-0.25, -0.2) is 4.99 Å². The molecule has 18 heavy (non-hydrogen) atoms. The summed E-state index contributed by atoms with van der Waals surface area (Å²) in [5.41, 5.74) is 0.829. The highest BCUT2D eigenvalue weighted by molar-refractivity contribution is 5.81. The van der Waals surface area contributed by atoms with Gasteiger partial charge in [-0.2, -0.15) is 0 Å². The van der Waals surface area contributed by atoms with Crippen molar-refractivity contribution in [2.75, 3.05) is 0 Å². The maximum atomic E-state index is 9.72. The first kappa shape index (κ1) is 11.5. The number of para-hydroxylation sites is 1. The maximum absolute atomic E-state index is 9.72. The van der Waals surface area contributed by atoms with Gasteiger partial charge in [0.05, 0.1) is 18.6 Å². The number of benzene rings is 1. The average Bonchev–Trinajstić information content (AvgIpc) is 2.73. The van der Waals surface area contributed by atoms with Crippen LogP contribution in [0.15, 0.2) is 29.3 Å². The predicted octanol–water partition coefficient (Wildman–Crippen LogP) is 1.65. The van der Waals surface area contributed by atoms with Gasteiger partial charge in [0.2, 0.25) is 0 Å². The maximum Gasteiger partial charge on any atom is 0.188 e. The topological polar surface area (TPSA) is 62.1 Å². The third kappa shape index (κ3) is 2.20.